The van der Waals surface area contributed by atoms with Gasteiger partial charge < -0.3 is 21.1 Å². The molecule has 224 valence electrons. The molecule has 3 saturated heterocycles. The number of nitrogens with one attached hydrogen (secondary N) is 2. The standard InChI is InChI=1S/C29H37ClF2N4O4S/c30-20-5-3-18(4-6-20)26(19-11-13-40-14-12-19)27(33)29(37)35-28-23(24(31)9-10-25(28)32)8-7-22-16-34-21-2-1-15-41(38,39)36(22)17-21/h3-6,9-10,19,21-22,26-27,34H,1-2,7-8,11-17,33H2,(H,35,37)/t21-,22+,26+,27+/m1/s1. The van der Waals surface area contributed by atoms with E-state index < -0.39 is 39.6 Å². The topological polar surface area (TPSA) is 114 Å². The Morgan fingerprint density at radius 1 is 1.12 bits per heavy atom. The lowest BCUT2D eigenvalue weighted by Crippen LogP contribution is -2.57. The van der Waals surface area contributed by atoms with Crippen molar-refractivity contribution in [2.24, 2.45) is 11.7 Å². The van der Waals surface area contributed by atoms with Crippen LogP contribution in [0.2, 0.25) is 5.02 Å². The highest BCUT2D eigenvalue weighted by atomic mass is 35.5. The van der Waals surface area contributed by atoms with Gasteiger partial charge >= 0.3 is 0 Å². The van der Waals surface area contributed by atoms with E-state index in [-0.39, 0.29) is 47.7 Å². The fraction of sp³-hybridized carbons (Fsp3) is 0.552. The molecule has 41 heavy (non-hydrogen) atoms. The van der Waals surface area contributed by atoms with Crippen LogP contribution in [-0.4, -0.2) is 68.8 Å². The summed E-state index contributed by atoms with van der Waals surface area (Å²) in [4.78, 5) is 13.5. The van der Waals surface area contributed by atoms with Gasteiger partial charge in [0.25, 0.3) is 0 Å². The molecule has 12 heteroatoms. The fourth-order valence-electron chi connectivity index (χ4n) is 6.43. The number of carbonyl (C=O) groups excluding carboxylic acids is 1. The number of halogens is 3. The highest BCUT2D eigenvalue weighted by molar-refractivity contribution is 7.89. The average Bonchev–Trinajstić information content (AvgIpc) is 3.08. The predicted octanol–water partition coefficient (Wildman–Crippen LogP) is 3.79. The second-order valence-corrected chi connectivity index (χ2v) is 13.7. The molecule has 0 spiro atoms. The Morgan fingerprint density at radius 3 is 2.56 bits per heavy atom. The lowest BCUT2D eigenvalue weighted by Gasteiger charge is -2.37. The first-order valence-electron chi connectivity index (χ1n) is 14.2. The van der Waals surface area contributed by atoms with Crippen LogP contribution in [0.4, 0.5) is 14.5 Å². The molecule has 3 aliphatic rings. The molecule has 3 heterocycles. The van der Waals surface area contributed by atoms with Crippen LogP contribution in [0.5, 0.6) is 0 Å². The number of carbonyl (C=O) groups is 1. The number of anilines is 1. The summed E-state index contributed by atoms with van der Waals surface area (Å²) in [6.07, 6.45) is 3.10. The van der Waals surface area contributed by atoms with E-state index in [2.05, 4.69) is 10.6 Å². The highest BCUT2D eigenvalue weighted by Gasteiger charge is 2.38. The largest absolute Gasteiger partial charge is 0.381 e. The third-order valence-electron chi connectivity index (χ3n) is 8.66. The second-order valence-electron chi connectivity index (χ2n) is 11.3. The highest BCUT2D eigenvalue weighted by Crippen LogP contribution is 2.36. The van der Waals surface area contributed by atoms with Gasteiger partial charge in [-0.1, -0.05) is 23.7 Å². The summed E-state index contributed by atoms with van der Waals surface area (Å²) in [5.41, 5.74) is 7.13. The van der Waals surface area contributed by atoms with Crippen molar-refractivity contribution in [2.45, 2.75) is 62.6 Å². The summed E-state index contributed by atoms with van der Waals surface area (Å²) in [7, 11) is -3.43. The number of nitrogens with two attached hydrogens (primary N) is 1. The minimum absolute atomic E-state index is 0.00555. The Kier molecular flexibility index (Phi) is 9.62. The van der Waals surface area contributed by atoms with Crippen LogP contribution >= 0.6 is 11.6 Å². The molecular formula is C29H37ClF2N4O4S. The quantitative estimate of drug-likeness (QED) is 0.419. The molecule has 0 radical (unpaired) electrons. The van der Waals surface area contributed by atoms with Gasteiger partial charge in [-0.05, 0) is 74.3 Å². The van der Waals surface area contributed by atoms with Gasteiger partial charge in [0.05, 0.1) is 17.5 Å². The summed E-state index contributed by atoms with van der Waals surface area (Å²) < 4.78 is 63.0. The van der Waals surface area contributed by atoms with E-state index in [9.17, 15) is 13.2 Å². The number of fused-ring (bicyclic) bond motifs is 2. The summed E-state index contributed by atoms with van der Waals surface area (Å²) >= 11 is 6.09. The van der Waals surface area contributed by atoms with Crippen LogP contribution in [0.15, 0.2) is 36.4 Å². The summed E-state index contributed by atoms with van der Waals surface area (Å²) in [6.45, 7) is 1.90. The molecule has 0 saturated carbocycles. The molecule has 4 N–H and O–H groups in total. The number of nitrogens with zero attached hydrogens (tertiary/aromatic N) is 1. The van der Waals surface area contributed by atoms with Crippen LogP contribution in [0.3, 0.4) is 0 Å². The van der Waals surface area contributed by atoms with E-state index >= 15 is 8.78 Å². The first-order valence-corrected chi connectivity index (χ1v) is 16.2. The van der Waals surface area contributed by atoms with Crippen LogP contribution < -0.4 is 16.4 Å². The van der Waals surface area contributed by atoms with Gasteiger partial charge in [0, 0.05) is 54.9 Å². The first kappa shape index (κ1) is 30.3. The molecule has 5 rings (SSSR count). The third-order valence-corrected chi connectivity index (χ3v) is 10.9. The Hall–Kier alpha value is -2.15. The number of piperazine rings is 1. The lowest BCUT2D eigenvalue weighted by molar-refractivity contribution is -0.118. The van der Waals surface area contributed by atoms with Crippen molar-refractivity contribution in [2.75, 3.05) is 37.4 Å². The molecule has 2 aromatic rings. The molecule has 2 aromatic carbocycles. The Morgan fingerprint density at radius 2 is 1.83 bits per heavy atom. The van der Waals surface area contributed by atoms with Gasteiger partial charge in [-0.25, -0.2) is 17.2 Å². The van der Waals surface area contributed by atoms with Crippen molar-refractivity contribution < 1.29 is 26.7 Å². The number of rotatable bonds is 8. The number of benzene rings is 2. The monoisotopic (exact) mass is 610 g/mol. The minimum Gasteiger partial charge on any atom is -0.381 e. The molecule has 8 nitrogen and oxygen atoms in total. The van der Waals surface area contributed by atoms with E-state index in [1.54, 1.807) is 12.1 Å². The van der Waals surface area contributed by atoms with E-state index in [4.69, 9.17) is 22.1 Å². The number of sulfonamides is 1. The molecule has 1 amide bonds. The van der Waals surface area contributed by atoms with Crippen molar-refractivity contribution in [3.63, 3.8) is 0 Å². The van der Waals surface area contributed by atoms with Gasteiger partial charge in [0.15, 0.2) is 0 Å². The van der Waals surface area contributed by atoms with Crippen LogP contribution in [0.1, 0.15) is 49.1 Å². The first-order chi connectivity index (χ1) is 19.6. The maximum absolute atomic E-state index is 15.2. The molecule has 2 bridgehead atoms. The maximum atomic E-state index is 15.2. The predicted molar refractivity (Wildman–Crippen MR) is 154 cm³/mol. The molecule has 0 aliphatic carbocycles. The van der Waals surface area contributed by atoms with E-state index in [0.29, 0.717) is 50.6 Å². The summed E-state index contributed by atoms with van der Waals surface area (Å²) in [5, 5.41) is 6.54. The minimum atomic E-state index is -3.43. The number of ether oxygens (including phenoxy) is 1. The molecule has 3 fully saturated rings. The van der Waals surface area contributed by atoms with E-state index in [1.807, 2.05) is 12.1 Å². The molecule has 0 aromatic heterocycles. The zero-order chi connectivity index (χ0) is 29.1. The number of amides is 1. The number of hydrogen-bond donors (Lipinski definition) is 3. The van der Waals surface area contributed by atoms with Crippen molar-refractivity contribution in [1.82, 2.24) is 9.62 Å². The van der Waals surface area contributed by atoms with Gasteiger partial charge in [-0.3, -0.25) is 4.79 Å². The normalized spacial score (nSPS) is 26.1. The van der Waals surface area contributed by atoms with Crippen molar-refractivity contribution in [1.29, 1.82) is 0 Å². The van der Waals surface area contributed by atoms with E-state index in [0.717, 1.165) is 24.1 Å². The zero-order valence-electron chi connectivity index (χ0n) is 22.8. The van der Waals surface area contributed by atoms with Crippen LogP contribution in [-0.2, 0) is 26.0 Å². The molecule has 5 atom stereocenters. The molecule has 1 unspecified atom stereocenters. The van der Waals surface area contributed by atoms with Crippen molar-refractivity contribution >= 4 is 33.2 Å². The van der Waals surface area contributed by atoms with E-state index in [1.165, 1.54) is 4.31 Å². The van der Waals surface area contributed by atoms with Crippen molar-refractivity contribution in [3.8, 4) is 0 Å². The van der Waals surface area contributed by atoms with Crippen LogP contribution in [0, 0.1) is 17.6 Å². The smallest absolute Gasteiger partial charge is 0.242 e. The fourth-order valence-corrected chi connectivity index (χ4v) is 8.36. The molecular weight excluding hydrogens is 574 g/mol. The number of hydrogen-bond acceptors (Lipinski definition) is 6. The van der Waals surface area contributed by atoms with Crippen LogP contribution in [0.25, 0.3) is 0 Å². The lowest BCUT2D eigenvalue weighted by atomic mass is 9.76. The summed E-state index contributed by atoms with van der Waals surface area (Å²) in [5.74, 6) is -2.32. The second kappa shape index (κ2) is 13.0. The average molecular weight is 611 g/mol. The van der Waals surface area contributed by atoms with Gasteiger partial charge in [0.2, 0.25) is 15.9 Å². The maximum Gasteiger partial charge on any atom is 0.242 e. The zero-order valence-corrected chi connectivity index (χ0v) is 24.4. The van der Waals surface area contributed by atoms with Gasteiger partial charge in [-0.15, -0.1) is 0 Å². The van der Waals surface area contributed by atoms with Crippen molar-refractivity contribution in [3.05, 3.63) is 64.2 Å². The Bertz CT molecular complexity index is 1340. The Labute approximate surface area is 245 Å². The van der Waals surface area contributed by atoms with Gasteiger partial charge in [0.1, 0.15) is 11.6 Å². The Balaban J connectivity index is 1.36. The third kappa shape index (κ3) is 6.92. The molecule has 3 aliphatic heterocycles. The SMILES string of the molecule is N[C@H](C(=O)Nc1c(F)ccc(F)c1CC[C@H]1CN[C@@H]2CCCS(=O)(=O)N1C2)[C@@H](c1ccc(Cl)cc1)C1CCOCC1. The summed E-state index contributed by atoms with van der Waals surface area (Å²) in [6, 6.07) is 7.80. The van der Waals surface area contributed by atoms with Gasteiger partial charge in [-0.2, -0.15) is 4.31 Å².